The molecule has 2 N–H and O–H groups in total. The second kappa shape index (κ2) is 13.9. The van der Waals surface area contributed by atoms with Gasteiger partial charge in [-0.05, 0) is 81.9 Å². The van der Waals surface area contributed by atoms with Gasteiger partial charge in [-0.3, -0.25) is 0 Å². The third-order valence-electron chi connectivity index (χ3n) is 9.75. The lowest BCUT2D eigenvalue weighted by molar-refractivity contribution is 0.308. The van der Waals surface area contributed by atoms with Gasteiger partial charge >= 0.3 is 0 Å². The van der Waals surface area contributed by atoms with Gasteiger partial charge in [0.15, 0.2) is 0 Å². The lowest BCUT2D eigenvalue weighted by Gasteiger charge is -2.26. The number of nitrogens with two attached hydrogens (primary N) is 1. The van der Waals surface area contributed by atoms with E-state index in [-0.39, 0.29) is 0 Å². The minimum atomic E-state index is 0.432. The predicted octanol–water partition coefficient (Wildman–Crippen LogP) is 13.2. The molecule has 0 aliphatic heterocycles. The fourth-order valence-electron chi connectivity index (χ4n) is 7.06. The van der Waals surface area contributed by atoms with Crippen molar-refractivity contribution in [1.29, 1.82) is 0 Å². The molecule has 0 saturated carbocycles. The third-order valence-corrected chi connectivity index (χ3v) is 9.75. The van der Waals surface area contributed by atoms with Crippen LogP contribution in [-0.2, 0) is 6.61 Å². The van der Waals surface area contributed by atoms with Gasteiger partial charge in [0.25, 0.3) is 0 Å². The minimum Gasteiger partial charge on any atom is -0.487 e. The van der Waals surface area contributed by atoms with Gasteiger partial charge in [-0.25, -0.2) is 0 Å². The second-order valence-corrected chi connectivity index (χ2v) is 13.2. The molecule has 0 unspecified atom stereocenters. The van der Waals surface area contributed by atoms with Gasteiger partial charge in [-0.2, -0.15) is 0 Å². The van der Waals surface area contributed by atoms with E-state index in [2.05, 4.69) is 150 Å². The topological polar surface area (TPSA) is 51.6 Å². The van der Waals surface area contributed by atoms with Gasteiger partial charge in [0.1, 0.15) is 23.5 Å². The van der Waals surface area contributed by atoms with Crippen molar-refractivity contribution in [3.63, 3.8) is 0 Å². The number of hydrogen-bond acceptors (Lipinski definition) is 4. The van der Waals surface area contributed by atoms with Crippen LogP contribution < -0.4 is 15.4 Å². The molecule has 9 aromatic rings. The van der Waals surface area contributed by atoms with Crippen LogP contribution in [0.3, 0.4) is 0 Å². The summed E-state index contributed by atoms with van der Waals surface area (Å²) in [4.78, 5) is 2.29. The molecular weight excluding hydrogens is 649 g/mol. The number of hydrogen-bond donors (Lipinski definition) is 1. The van der Waals surface area contributed by atoms with E-state index in [1.165, 1.54) is 22.3 Å². The van der Waals surface area contributed by atoms with Crippen molar-refractivity contribution in [2.45, 2.75) is 6.61 Å². The SMILES string of the molecule is Nc1cc2c(cc1OCc1ccccc1)oc1c(-c3ccc(N(c4ccccc4)c4ccc(-c5cccc(-c6ccccc6)c5)cc4)cc3)cccc12. The molecule has 9 rings (SSSR count). The molecule has 0 spiro atoms. The molecule has 0 aliphatic rings. The smallest absolute Gasteiger partial charge is 0.146 e. The first-order valence-electron chi connectivity index (χ1n) is 17.8. The van der Waals surface area contributed by atoms with Gasteiger partial charge in [0.05, 0.1) is 5.69 Å². The number of furan rings is 1. The number of ether oxygens (including phenoxy) is 1. The van der Waals surface area contributed by atoms with Crippen LogP contribution in [0, 0.1) is 0 Å². The molecule has 4 nitrogen and oxygen atoms in total. The molecule has 1 aromatic heterocycles. The van der Waals surface area contributed by atoms with Gasteiger partial charge in [-0.15, -0.1) is 0 Å². The lowest BCUT2D eigenvalue weighted by Crippen LogP contribution is -2.09. The highest BCUT2D eigenvalue weighted by atomic mass is 16.5. The maximum atomic E-state index is 6.54. The Hall–Kier alpha value is -7.04. The van der Waals surface area contributed by atoms with E-state index in [0.717, 1.165) is 55.7 Å². The van der Waals surface area contributed by atoms with E-state index in [0.29, 0.717) is 18.0 Å². The Morgan fingerprint density at radius 1 is 0.453 bits per heavy atom. The lowest BCUT2D eigenvalue weighted by atomic mass is 9.99. The predicted molar refractivity (Wildman–Crippen MR) is 220 cm³/mol. The molecule has 53 heavy (non-hydrogen) atoms. The molecule has 0 saturated heterocycles. The van der Waals surface area contributed by atoms with E-state index >= 15 is 0 Å². The van der Waals surface area contributed by atoms with Crippen molar-refractivity contribution in [2.24, 2.45) is 0 Å². The number of para-hydroxylation sites is 2. The summed E-state index contributed by atoms with van der Waals surface area (Å²) < 4.78 is 12.6. The zero-order valence-electron chi connectivity index (χ0n) is 29.0. The van der Waals surface area contributed by atoms with Crippen molar-refractivity contribution in [3.8, 4) is 39.1 Å². The molecular formula is C49H36N2O2. The molecule has 0 radical (unpaired) electrons. The first-order valence-corrected chi connectivity index (χ1v) is 17.8. The highest BCUT2D eigenvalue weighted by Gasteiger charge is 2.17. The van der Waals surface area contributed by atoms with Crippen molar-refractivity contribution in [2.75, 3.05) is 10.6 Å². The molecule has 0 aliphatic carbocycles. The Balaban J connectivity index is 1.03. The number of nitrogens with zero attached hydrogens (tertiary/aromatic N) is 1. The largest absolute Gasteiger partial charge is 0.487 e. The quantitative estimate of drug-likeness (QED) is 0.154. The van der Waals surface area contributed by atoms with Gasteiger partial charge in [-0.1, -0.05) is 140 Å². The Bertz CT molecular complexity index is 2650. The Morgan fingerprint density at radius 2 is 1.00 bits per heavy atom. The number of benzene rings is 8. The molecule has 0 amide bonds. The summed E-state index contributed by atoms with van der Waals surface area (Å²) >= 11 is 0. The van der Waals surface area contributed by atoms with Crippen LogP contribution in [0.1, 0.15) is 5.56 Å². The number of nitrogen functional groups attached to an aromatic ring is 1. The van der Waals surface area contributed by atoms with E-state index < -0.39 is 0 Å². The average Bonchev–Trinajstić information content (AvgIpc) is 3.59. The fraction of sp³-hybridized carbons (Fsp3) is 0.0204. The summed E-state index contributed by atoms with van der Waals surface area (Å²) in [5, 5.41) is 1.98. The fourth-order valence-corrected chi connectivity index (χ4v) is 7.06. The highest BCUT2D eigenvalue weighted by molar-refractivity contribution is 6.11. The van der Waals surface area contributed by atoms with E-state index in [4.69, 9.17) is 14.9 Å². The van der Waals surface area contributed by atoms with Crippen LogP contribution in [-0.4, -0.2) is 0 Å². The van der Waals surface area contributed by atoms with Crippen molar-refractivity contribution >= 4 is 44.7 Å². The summed E-state index contributed by atoms with van der Waals surface area (Å²) in [6.07, 6.45) is 0. The zero-order valence-corrected chi connectivity index (χ0v) is 29.0. The van der Waals surface area contributed by atoms with E-state index in [1.807, 2.05) is 48.5 Å². The molecule has 0 atom stereocenters. The Kier molecular flexibility index (Phi) is 8.39. The van der Waals surface area contributed by atoms with Crippen LogP contribution >= 0.6 is 0 Å². The Labute approximate surface area is 309 Å². The first-order chi connectivity index (χ1) is 26.2. The van der Waals surface area contributed by atoms with Crippen LogP contribution in [0.4, 0.5) is 22.7 Å². The van der Waals surface area contributed by atoms with Gasteiger partial charge < -0.3 is 19.8 Å². The summed E-state index contributed by atoms with van der Waals surface area (Å²) in [7, 11) is 0. The van der Waals surface area contributed by atoms with Crippen molar-refractivity contribution in [3.05, 3.63) is 200 Å². The van der Waals surface area contributed by atoms with Crippen LogP contribution in [0.25, 0.3) is 55.3 Å². The second-order valence-electron chi connectivity index (χ2n) is 13.2. The van der Waals surface area contributed by atoms with Crippen molar-refractivity contribution in [1.82, 2.24) is 0 Å². The molecule has 1 heterocycles. The number of rotatable bonds is 9. The molecule has 254 valence electrons. The summed E-state index contributed by atoms with van der Waals surface area (Å²) in [5.74, 6) is 0.612. The summed E-state index contributed by atoms with van der Waals surface area (Å²) in [5.41, 5.74) is 19.8. The molecule has 0 fully saturated rings. The average molecular weight is 685 g/mol. The Morgan fingerprint density at radius 3 is 1.68 bits per heavy atom. The van der Waals surface area contributed by atoms with Crippen molar-refractivity contribution < 1.29 is 9.15 Å². The van der Waals surface area contributed by atoms with E-state index in [1.54, 1.807) is 0 Å². The zero-order chi connectivity index (χ0) is 35.6. The maximum absolute atomic E-state index is 6.54. The van der Waals surface area contributed by atoms with Crippen LogP contribution in [0.15, 0.2) is 199 Å². The number of anilines is 4. The standard InChI is InChI=1S/C49H36N2O2/c50-46-31-45-44-21-11-20-43(49(44)53-47(45)32-48(46)52-33-34-12-4-1-5-13-34)37-24-28-42(29-25-37)51(40-18-8-3-9-19-40)41-26-22-36(23-27-41)39-17-10-16-38(30-39)35-14-6-2-7-15-35/h1-32H,33,50H2. The highest BCUT2D eigenvalue weighted by Crippen LogP contribution is 2.41. The maximum Gasteiger partial charge on any atom is 0.146 e. The van der Waals surface area contributed by atoms with Crippen LogP contribution in [0.5, 0.6) is 5.75 Å². The molecule has 8 aromatic carbocycles. The van der Waals surface area contributed by atoms with E-state index in [9.17, 15) is 0 Å². The molecule has 4 heteroatoms. The third kappa shape index (κ3) is 6.39. The minimum absolute atomic E-state index is 0.432. The first kappa shape index (κ1) is 31.9. The molecule has 0 bridgehead atoms. The monoisotopic (exact) mass is 684 g/mol. The van der Waals surface area contributed by atoms with Crippen LogP contribution in [0.2, 0.25) is 0 Å². The van der Waals surface area contributed by atoms with Gasteiger partial charge in [0, 0.05) is 39.5 Å². The summed E-state index contributed by atoms with van der Waals surface area (Å²) in [6.45, 7) is 0.432. The summed E-state index contributed by atoms with van der Waals surface area (Å²) in [6, 6.07) is 67.4. The van der Waals surface area contributed by atoms with Gasteiger partial charge in [0.2, 0.25) is 0 Å². The normalized spacial score (nSPS) is 11.2. The number of fused-ring (bicyclic) bond motifs is 3.